The van der Waals surface area contributed by atoms with Crippen molar-refractivity contribution in [3.05, 3.63) is 108 Å². The van der Waals surface area contributed by atoms with Crippen LogP contribution in [-0.2, 0) is 0 Å². The van der Waals surface area contributed by atoms with E-state index in [1.165, 1.54) is 0 Å². The fourth-order valence-corrected chi connectivity index (χ4v) is 6.03. The van der Waals surface area contributed by atoms with Crippen LogP contribution in [0.15, 0.2) is 116 Å². The summed E-state index contributed by atoms with van der Waals surface area (Å²) < 4.78 is 18.6. The summed E-state index contributed by atoms with van der Waals surface area (Å²) in [5.41, 5.74) is 8.96. The van der Waals surface area contributed by atoms with E-state index >= 15 is 0 Å². The number of fused-ring (bicyclic) bond motifs is 9. The summed E-state index contributed by atoms with van der Waals surface area (Å²) in [5, 5.41) is 5.19. The van der Waals surface area contributed by atoms with Gasteiger partial charge >= 0.3 is 0 Å². The molecular weight excluding hydrogens is 520 g/mol. The van der Waals surface area contributed by atoms with Gasteiger partial charge in [-0.1, -0.05) is 60.7 Å². The Morgan fingerprint density at radius 2 is 1.12 bits per heavy atom. The SMILES string of the molecule is Clc1nc(-c2cccc3oc4ccccc4c23)c2oc3ccc(-c4ccc5oc6ccccc6c5c4)cc3c2n1. The first kappa shape index (κ1) is 21.8. The lowest BCUT2D eigenvalue weighted by Gasteiger charge is -2.04. The van der Waals surface area contributed by atoms with E-state index in [0.29, 0.717) is 16.8 Å². The number of aromatic nitrogens is 2. The lowest BCUT2D eigenvalue weighted by molar-refractivity contribution is 0.666. The fourth-order valence-electron chi connectivity index (χ4n) is 5.86. The van der Waals surface area contributed by atoms with Crippen LogP contribution in [0.3, 0.4) is 0 Å². The molecule has 0 amide bonds. The Labute approximate surface area is 231 Å². The fraction of sp³-hybridized carbons (Fsp3) is 0. The van der Waals surface area contributed by atoms with Crippen molar-refractivity contribution in [1.82, 2.24) is 9.97 Å². The molecule has 5 nitrogen and oxygen atoms in total. The number of hydrogen-bond donors (Lipinski definition) is 0. The number of nitrogens with zero attached hydrogens (tertiary/aromatic N) is 2. The van der Waals surface area contributed by atoms with Gasteiger partial charge in [-0.3, -0.25) is 0 Å². The topological polar surface area (TPSA) is 65.2 Å². The van der Waals surface area contributed by atoms with Gasteiger partial charge in [0.1, 0.15) is 39.1 Å². The van der Waals surface area contributed by atoms with E-state index in [1.807, 2.05) is 66.7 Å². The van der Waals surface area contributed by atoms with E-state index in [1.54, 1.807) is 0 Å². The van der Waals surface area contributed by atoms with Gasteiger partial charge in [0, 0.05) is 32.5 Å². The van der Waals surface area contributed by atoms with Crippen LogP contribution in [-0.4, -0.2) is 9.97 Å². The third-order valence-electron chi connectivity index (χ3n) is 7.65. The van der Waals surface area contributed by atoms with E-state index in [-0.39, 0.29) is 5.28 Å². The Balaban J connectivity index is 1.28. The third kappa shape index (κ3) is 3.04. The minimum absolute atomic E-state index is 0.159. The van der Waals surface area contributed by atoms with Crippen molar-refractivity contribution in [2.24, 2.45) is 0 Å². The smallest absolute Gasteiger partial charge is 0.223 e. The van der Waals surface area contributed by atoms with Gasteiger partial charge in [-0.25, -0.2) is 9.97 Å². The first-order valence-corrected chi connectivity index (χ1v) is 13.3. The Morgan fingerprint density at radius 3 is 1.95 bits per heavy atom. The van der Waals surface area contributed by atoms with Gasteiger partial charge in [0.05, 0.1) is 0 Å². The van der Waals surface area contributed by atoms with Crippen molar-refractivity contribution in [1.29, 1.82) is 0 Å². The predicted molar refractivity (Wildman–Crippen MR) is 160 cm³/mol. The van der Waals surface area contributed by atoms with E-state index in [2.05, 4.69) is 46.4 Å². The van der Waals surface area contributed by atoms with Gasteiger partial charge in [0.2, 0.25) is 5.28 Å². The number of rotatable bonds is 2. The van der Waals surface area contributed by atoms with Gasteiger partial charge in [-0.2, -0.15) is 0 Å². The minimum Gasteiger partial charge on any atom is -0.456 e. The van der Waals surface area contributed by atoms with Gasteiger partial charge < -0.3 is 13.3 Å². The number of furan rings is 3. The molecule has 9 aromatic rings. The maximum atomic E-state index is 6.54. The zero-order chi connectivity index (χ0) is 26.4. The van der Waals surface area contributed by atoms with Gasteiger partial charge in [-0.05, 0) is 65.2 Å². The highest BCUT2D eigenvalue weighted by atomic mass is 35.5. The Bertz CT molecular complexity index is 2470. The second-order valence-electron chi connectivity index (χ2n) is 9.92. The lowest BCUT2D eigenvalue weighted by Crippen LogP contribution is -1.90. The highest BCUT2D eigenvalue weighted by Gasteiger charge is 2.21. The summed E-state index contributed by atoms with van der Waals surface area (Å²) in [7, 11) is 0. The average molecular weight is 537 g/mol. The summed E-state index contributed by atoms with van der Waals surface area (Å²) in [6.45, 7) is 0. The Morgan fingerprint density at radius 1 is 0.500 bits per heavy atom. The van der Waals surface area contributed by atoms with Crippen LogP contribution in [0.2, 0.25) is 5.28 Å². The largest absolute Gasteiger partial charge is 0.456 e. The molecule has 0 saturated heterocycles. The molecule has 188 valence electrons. The second kappa shape index (κ2) is 7.94. The lowest BCUT2D eigenvalue weighted by atomic mass is 10.0. The number of para-hydroxylation sites is 2. The van der Waals surface area contributed by atoms with Crippen LogP contribution in [0.5, 0.6) is 0 Å². The molecule has 0 bridgehead atoms. The molecule has 0 atom stereocenters. The third-order valence-corrected chi connectivity index (χ3v) is 7.82. The van der Waals surface area contributed by atoms with Gasteiger partial charge in [-0.15, -0.1) is 0 Å². The van der Waals surface area contributed by atoms with Crippen LogP contribution in [0, 0.1) is 0 Å². The number of hydrogen-bond acceptors (Lipinski definition) is 5. The van der Waals surface area contributed by atoms with Crippen LogP contribution in [0.1, 0.15) is 0 Å². The normalized spacial score (nSPS) is 12.1. The van der Waals surface area contributed by atoms with Crippen molar-refractivity contribution in [2.75, 3.05) is 0 Å². The average Bonchev–Trinajstić information content (AvgIpc) is 3.67. The highest BCUT2D eigenvalue weighted by molar-refractivity contribution is 6.29. The first-order valence-electron chi connectivity index (χ1n) is 12.9. The van der Waals surface area contributed by atoms with Crippen LogP contribution < -0.4 is 0 Å². The minimum atomic E-state index is 0.159. The number of benzene rings is 5. The molecule has 0 unspecified atom stereocenters. The van der Waals surface area contributed by atoms with E-state index in [9.17, 15) is 0 Å². The van der Waals surface area contributed by atoms with E-state index in [0.717, 1.165) is 71.5 Å². The summed E-state index contributed by atoms with van der Waals surface area (Å²) in [6, 6.07) is 34.4. The molecule has 5 aromatic carbocycles. The molecule has 0 aliphatic heterocycles. The highest BCUT2D eigenvalue weighted by Crippen LogP contribution is 2.41. The van der Waals surface area contributed by atoms with Crippen LogP contribution in [0.25, 0.3) is 88.3 Å². The summed E-state index contributed by atoms with van der Waals surface area (Å²) in [6.07, 6.45) is 0. The Kier molecular flexibility index (Phi) is 4.32. The molecule has 0 radical (unpaired) electrons. The molecule has 40 heavy (non-hydrogen) atoms. The van der Waals surface area contributed by atoms with E-state index < -0.39 is 0 Å². The zero-order valence-electron chi connectivity index (χ0n) is 20.8. The van der Waals surface area contributed by atoms with Crippen LogP contribution in [0.4, 0.5) is 0 Å². The first-order chi connectivity index (χ1) is 19.7. The standard InChI is InChI=1S/C34H17ClN2O3/c35-34-36-31(22-8-5-11-29-30(22)21-7-2-4-10-26(21)39-29)33-32(37-34)24-17-19(13-15-28(24)40-33)18-12-14-27-23(16-18)20-6-1-3-9-25(20)38-27/h1-17H. The molecule has 4 heterocycles. The molecule has 0 aliphatic carbocycles. The molecule has 0 N–H and O–H groups in total. The Hall–Kier alpha value is -5.13. The predicted octanol–water partition coefficient (Wildman–Crippen LogP) is 10.2. The zero-order valence-corrected chi connectivity index (χ0v) is 21.6. The van der Waals surface area contributed by atoms with Crippen molar-refractivity contribution >= 4 is 77.5 Å². The van der Waals surface area contributed by atoms with Crippen molar-refractivity contribution < 1.29 is 13.3 Å². The van der Waals surface area contributed by atoms with Crippen LogP contribution >= 0.6 is 11.6 Å². The van der Waals surface area contributed by atoms with Gasteiger partial charge in [0.25, 0.3) is 0 Å². The van der Waals surface area contributed by atoms with E-state index in [4.69, 9.17) is 24.9 Å². The summed E-state index contributed by atoms with van der Waals surface area (Å²) in [4.78, 5) is 9.27. The molecule has 0 spiro atoms. The molecular formula is C34H17ClN2O3. The van der Waals surface area contributed by atoms with Gasteiger partial charge in [0.15, 0.2) is 5.58 Å². The maximum Gasteiger partial charge on any atom is 0.223 e. The molecule has 9 rings (SSSR count). The quantitative estimate of drug-likeness (QED) is 0.206. The summed E-state index contributed by atoms with van der Waals surface area (Å²) >= 11 is 6.54. The molecule has 4 aromatic heterocycles. The summed E-state index contributed by atoms with van der Waals surface area (Å²) in [5.74, 6) is 0. The van der Waals surface area contributed by atoms with Crippen molar-refractivity contribution in [2.45, 2.75) is 0 Å². The maximum absolute atomic E-state index is 6.54. The monoisotopic (exact) mass is 536 g/mol. The second-order valence-corrected chi connectivity index (χ2v) is 10.3. The molecule has 0 fully saturated rings. The molecule has 0 saturated carbocycles. The van der Waals surface area contributed by atoms with Crippen molar-refractivity contribution in [3.63, 3.8) is 0 Å². The van der Waals surface area contributed by atoms with Crippen molar-refractivity contribution in [3.8, 4) is 22.4 Å². The molecule has 0 aliphatic rings. The molecule has 6 heteroatoms. The number of halogens is 1.